The molecule has 1 unspecified atom stereocenters. The van der Waals surface area contributed by atoms with E-state index in [0.29, 0.717) is 32.1 Å². The number of carbonyl (C=O) groups excluding carboxylic acids is 1. The van der Waals surface area contributed by atoms with E-state index in [2.05, 4.69) is 6.92 Å². The maximum absolute atomic E-state index is 13.3. The summed E-state index contributed by atoms with van der Waals surface area (Å²) in [5.41, 5.74) is -4.66. The zero-order valence-corrected chi connectivity index (χ0v) is 21.5. The first kappa shape index (κ1) is 26.5. The van der Waals surface area contributed by atoms with Gasteiger partial charge < -0.3 is 30.6 Å². The molecule has 4 aliphatic carbocycles. The van der Waals surface area contributed by atoms with Crippen molar-refractivity contribution >= 4 is 5.78 Å². The molecular formula is C27H46O7. The first-order valence-electron chi connectivity index (χ1n) is 13.2. The first-order chi connectivity index (χ1) is 15.5. The normalized spacial score (nSPS) is 49.6. The second-order valence-electron chi connectivity index (χ2n) is 13.6. The van der Waals surface area contributed by atoms with Crippen molar-refractivity contribution in [2.24, 2.45) is 34.5 Å². The van der Waals surface area contributed by atoms with Crippen LogP contribution in [0.5, 0.6) is 0 Å². The molecule has 11 atom stereocenters. The summed E-state index contributed by atoms with van der Waals surface area (Å²) in [6, 6.07) is 0. The van der Waals surface area contributed by atoms with E-state index in [-0.39, 0.29) is 48.7 Å². The van der Waals surface area contributed by atoms with Crippen LogP contribution in [-0.2, 0) is 4.79 Å². The van der Waals surface area contributed by atoms with E-state index in [1.54, 1.807) is 20.8 Å². The van der Waals surface area contributed by atoms with Gasteiger partial charge in [0.25, 0.3) is 0 Å². The van der Waals surface area contributed by atoms with Gasteiger partial charge in [0.15, 0.2) is 0 Å². The zero-order valence-electron chi connectivity index (χ0n) is 21.5. The highest BCUT2D eigenvalue weighted by molar-refractivity contribution is 5.83. The van der Waals surface area contributed by atoms with Crippen LogP contribution in [0.1, 0.15) is 92.4 Å². The van der Waals surface area contributed by atoms with Gasteiger partial charge in [-0.05, 0) is 95.3 Å². The molecule has 7 heteroatoms. The van der Waals surface area contributed by atoms with Crippen LogP contribution in [0.4, 0.5) is 0 Å². The van der Waals surface area contributed by atoms with Crippen molar-refractivity contribution in [1.29, 1.82) is 0 Å². The smallest absolute Gasteiger partial charge is 0.137 e. The Morgan fingerprint density at radius 2 is 1.68 bits per heavy atom. The van der Waals surface area contributed by atoms with E-state index >= 15 is 0 Å². The van der Waals surface area contributed by atoms with E-state index in [1.165, 1.54) is 0 Å². The third-order valence-electron chi connectivity index (χ3n) is 11.1. The van der Waals surface area contributed by atoms with Crippen LogP contribution >= 0.6 is 0 Å². The number of aliphatic hydroxyl groups excluding tert-OH is 3. The molecule has 196 valence electrons. The number of ketones is 1. The monoisotopic (exact) mass is 482 g/mol. The van der Waals surface area contributed by atoms with Gasteiger partial charge in [0, 0.05) is 17.8 Å². The molecule has 0 aliphatic heterocycles. The van der Waals surface area contributed by atoms with Gasteiger partial charge in [0.1, 0.15) is 5.78 Å². The minimum atomic E-state index is -1.44. The van der Waals surface area contributed by atoms with Gasteiger partial charge in [-0.3, -0.25) is 4.79 Å². The predicted octanol–water partition coefficient (Wildman–Crippen LogP) is 1.93. The summed E-state index contributed by atoms with van der Waals surface area (Å²) in [5.74, 6) is -0.796. The Kier molecular flexibility index (Phi) is 6.40. The van der Waals surface area contributed by atoms with Gasteiger partial charge >= 0.3 is 0 Å². The Morgan fingerprint density at radius 1 is 1.03 bits per heavy atom. The number of aliphatic hydroxyl groups is 6. The van der Waals surface area contributed by atoms with E-state index in [9.17, 15) is 35.4 Å². The van der Waals surface area contributed by atoms with Crippen molar-refractivity contribution < 1.29 is 35.4 Å². The maximum Gasteiger partial charge on any atom is 0.137 e. The largest absolute Gasteiger partial charge is 0.390 e. The van der Waals surface area contributed by atoms with Crippen molar-refractivity contribution in [3.05, 3.63) is 0 Å². The molecule has 4 saturated carbocycles. The maximum atomic E-state index is 13.3. The van der Waals surface area contributed by atoms with Crippen LogP contribution in [0.3, 0.4) is 0 Å². The first-order valence-corrected chi connectivity index (χ1v) is 13.2. The van der Waals surface area contributed by atoms with Gasteiger partial charge in [-0.25, -0.2) is 0 Å². The van der Waals surface area contributed by atoms with Gasteiger partial charge in [-0.2, -0.15) is 0 Å². The van der Waals surface area contributed by atoms with E-state index in [1.807, 2.05) is 6.92 Å². The summed E-state index contributed by atoms with van der Waals surface area (Å²) in [4.78, 5) is 13.3. The molecule has 4 aliphatic rings. The van der Waals surface area contributed by atoms with Crippen molar-refractivity contribution in [1.82, 2.24) is 0 Å². The fourth-order valence-corrected chi connectivity index (χ4v) is 8.98. The standard InChI is InChI=1S/C27H46O7/c1-23(2,32)9-8-22(31)26(5,33)21-7-11-27(34)16-12-18(28)17-13-19(29)20(30)14-24(17,3)15(16)6-10-25(21,27)4/h15-17,19-22,29-34H,6-14H2,1-5H3/t15-,16-,17-,19+,20-,21?,22+,24+,25+,26+,27+/m0/s1. The van der Waals surface area contributed by atoms with Gasteiger partial charge in [-0.1, -0.05) is 13.8 Å². The van der Waals surface area contributed by atoms with Crippen molar-refractivity contribution in [3.63, 3.8) is 0 Å². The molecule has 0 saturated heterocycles. The minimum Gasteiger partial charge on any atom is -0.390 e. The lowest BCUT2D eigenvalue weighted by Crippen LogP contribution is -2.66. The lowest BCUT2D eigenvalue weighted by molar-refractivity contribution is -0.232. The number of hydrogen-bond acceptors (Lipinski definition) is 7. The molecule has 7 nitrogen and oxygen atoms in total. The number of fused-ring (bicyclic) bond motifs is 5. The number of Topliss-reactive ketones (excluding diaryl/α,β-unsaturated/α-hetero) is 1. The van der Waals surface area contributed by atoms with Crippen molar-refractivity contribution in [2.45, 2.75) is 128 Å². The third-order valence-corrected chi connectivity index (χ3v) is 11.1. The Morgan fingerprint density at radius 3 is 2.29 bits per heavy atom. The van der Waals surface area contributed by atoms with Crippen LogP contribution in [0.2, 0.25) is 0 Å². The average Bonchev–Trinajstić information content (AvgIpc) is 3.00. The molecule has 34 heavy (non-hydrogen) atoms. The van der Waals surface area contributed by atoms with Crippen molar-refractivity contribution in [2.75, 3.05) is 0 Å². The molecule has 0 bridgehead atoms. The SMILES string of the molecule is CC(C)(O)CC[C@@H](O)[C@](C)(O)C1CC[C@@]2(O)[C@H]3CC(=O)[C@@H]4C[C@@H](O)[C@@H](O)C[C@]4(C)[C@H]3CC[C@]12C. The Labute approximate surface area is 203 Å². The van der Waals surface area contributed by atoms with Crippen LogP contribution in [-0.4, -0.2) is 71.5 Å². The summed E-state index contributed by atoms with van der Waals surface area (Å²) >= 11 is 0. The fourth-order valence-electron chi connectivity index (χ4n) is 8.98. The van der Waals surface area contributed by atoms with E-state index in [4.69, 9.17) is 0 Å². The van der Waals surface area contributed by atoms with Crippen LogP contribution in [0.15, 0.2) is 0 Å². The molecule has 0 radical (unpaired) electrons. The molecule has 0 aromatic carbocycles. The summed E-state index contributed by atoms with van der Waals surface area (Å²) in [5, 5.41) is 65.6. The Hall–Kier alpha value is -0.570. The molecule has 4 rings (SSSR count). The molecular weight excluding hydrogens is 436 g/mol. The number of rotatable bonds is 5. The Bertz CT molecular complexity index is 805. The lowest BCUT2D eigenvalue weighted by Gasteiger charge is -2.64. The Balaban J connectivity index is 1.62. The molecule has 0 spiro atoms. The molecule has 0 amide bonds. The van der Waals surface area contributed by atoms with Gasteiger partial charge in [0.2, 0.25) is 0 Å². The van der Waals surface area contributed by atoms with E-state index in [0.717, 1.165) is 6.42 Å². The topological polar surface area (TPSA) is 138 Å². The predicted molar refractivity (Wildman–Crippen MR) is 127 cm³/mol. The molecule has 0 aromatic rings. The summed E-state index contributed by atoms with van der Waals surface area (Å²) in [6.45, 7) is 9.08. The van der Waals surface area contributed by atoms with Gasteiger partial charge in [0.05, 0.1) is 35.1 Å². The fraction of sp³-hybridized carbons (Fsp3) is 0.963. The lowest BCUT2D eigenvalue weighted by atomic mass is 9.42. The second kappa shape index (κ2) is 8.22. The van der Waals surface area contributed by atoms with Crippen LogP contribution in [0, 0.1) is 34.5 Å². The van der Waals surface area contributed by atoms with Crippen LogP contribution < -0.4 is 0 Å². The molecule has 6 N–H and O–H groups in total. The van der Waals surface area contributed by atoms with Gasteiger partial charge in [-0.15, -0.1) is 0 Å². The number of carbonyl (C=O) groups is 1. The quantitative estimate of drug-likeness (QED) is 0.352. The van der Waals surface area contributed by atoms with Crippen molar-refractivity contribution in [3.8, 4) is 0 Å². The molecule has 4 fully saturated rings. The highest BCUT2D eigenvalue weighted by atomic mass is 16.3. The molecule has 0 heterocycles. The summed E-state index contributed by atoms with van der Waals surface area (Å²) in [6.07, 6.45) is 1.18. The van der Waals surface area contributed by atoms with Crippen LogP contribution in [0.25, 0.3) is 0 Å². The highest BCUT2D eigenvalue weighted by Crippen LogP contribution is 2.69. The zero-order chi connectivity index (χ0) is 25.5. The summed E-state index contributed by atoms with van der Waals surface area (Å²) in [7, 11) is 0. The summed E-state index contributed by atoms with van der Waals surface area (Å²) < 4.78 is 0. The minimum absolute atomic E-state index is 0.0548. The van der Waals surface area contributed by atoms with E-state index < -0.39 is 45.9 Å². The molecule has 0 aromatic heterocycles. The second-order valence-corrected chi connectivity index (χ2v) is 13.6. The number of hydrogen-bond donors (Lipinski definition) is 6. The average molecular weight is 483 g/mol. The third kappa shape index (κ3) is 3.81. The highest BCUT2D eigenvalue weighted by Gasteiger charge is 2.71.